The molecular weight excluding hydrogens is 1080 g/mol. The zero-order valence-electron chi connectivity index (χ0n) is 57.9. The molecular formula is C83H98B2N3O. The Balaban J connectivity index is 1.05. The molecule has 4 atom stereocenters. The number of fused-ring (bicyclic) bond motifs is 20. The number of hydrogen-bond donors (Lipinski definition) is 0. The fourth-order valence-electron chi connectivity index (χ4n) is 20.9. The van der Waals surface area contributed by atoms with Gasteiger partial charge in [-0.05, 0) is 260 Å². The molecule has 6 heteroatoms. The number of hydrogen-bond acceptors (Lipinski definition) is 4. The average molecular weight is 1180 g/mol. The molecule has 4 nitrogen and oxygen atoms in total. The van der Waals surface area contributed by atoms with Crippen molar-refractivity contribution in [3.8, 4) is 0 Å². The molecule has 4 unspecified atom stereocenters. The molecule has 0 amide bonds. The summed E-state index contributed by atoms with van der Waals surface area (Å²) in [6, 6.07) is 39.3. The van der Waals surface area contributed by atoms with Gasteiger partial charge in [-0.25, -0.2) is 0 Å². The highest BCUT2D eigenvalue weighted by Crippen LogP contribution is 2.67. The highest BCUT2D eigenvalue weighted by Gasteiger charge is 2.63. The van der Waals surface area contributed by atoms with Crippen LogP contribution in [0.25, 0.3) is 16.7 Å². The smallest absolute Gasteiger partial charge is 0.284 e. The van der Waals surface area contributed by atoms with Gasteiger partial charge in [0.15, 0.2) is 7.28 Å². The van der Waals surface area contributed by atoms with E-state index in [4.69, 9.17) is 4.42 Å². The summed E-state index contributed by atoms with van der Waals surface area (Å²) >= 11 is 0. The average Bonchev–Trinajstić information content (AvgIpc) is 1.57. The van der Waals surface area contributed by atoms with Crippen molar-refractivity contribution in [2.24, 2.45) is 5.92 Å². The van der Waals surface area contributed by atoms with E-state index in [1.807, 2.05) is 0 Å². The number of benzene rings is 6. The minimum atomic E-state index is -0.247. The molecule has 0 saturated heterocycles. The van der Waals surface area contributed by atoms with Gasteiger partial charge in [0.25, 0.3) is 6.71 Å². The van der Waals surface area contributed by atoms with Crippen LogP contribution < -0.4 is 31.3 Å². The molecule has 0 spiro atoms. The van der Waals surface area contributed by atoms with Gasteiger partial charge in [-0.1, -0.05) is 173 Å². The summed E-state index contributed by atoms with van der Waals surface area (Å²) in [5.74, 6) is 0.479. The van der Waals surface area contributed by atoms with E-state index in [0.717, 1.165) is 43.3 Å². The predicted molar refractivity (Wildman–Crippen MR) is 379 cm³/mol. The molecule has 6 heterocycles. The Labute approximate surface area is 535 Å². The Kier molecular flexibility index (Phi) is 10.9. The second-order valence-electron chi connectivity index (χ2n) is 37.1. The second-order valence-corrected chi connectivity index (χ2v) is 37.1. The standard InChI is InChI=1S/C83H98B2N3O/c1-73(2,3)47-21-26-64-62(37-47)82(19)28-27-48-46-83(82,20)88(64)51-40-65-68-66(41-51)87(50-23-25-55-61(39-50)81(48,18)36-35-75(55,6)7)70-53-43-58-60(80(16,17)34-32-78(58,12)13)45-67(53)89-72(70)85(68)71-69(52-42-57-59(44-63(52)84-71)79(14,15)33-31-77(57,10)11)86(65)49-22-24-54-56(38-49)76(8,9)30-29-74(54,4)5/h21-26,37-45,48H,27-36,46H2,1-20H3. The third-order valence-electron chi connectivity index (χ3n) is 27.6. The molecule has 10 aliphatic rings. The fraction of sp³-hybridized carbons (Fsp3) is 0.518. The van der Waals surface area contributed by atoms with E-state index in [1.165, 1.54) is 156 Å². The van der Waals surface area contributed by atoms with Gasteiger partial charge in [0.2, 0.25) is 0 Å². The lowest BCUT2D eigenvalue weighted by Gasteiger charge is -2.58. The van der Waals surface area contributed by atoms with Gasteiger partial charge in [0, 0.05) is 50.6 Å². The highest BCUT2D eigenvalue weighted by atomic mass is 16.3. The van der Waals surface area contributed by atoms with Crippen molar-refractivity contribution in [3.05, 3.63) is 158 Å². The maximum atomic E-state index is 8.03. The predicted octanol–water partition coefficient (Wildman–Crippen LogP) is 19.9. The minimum Gasteiger partial charge on any atom is -0.468 e. The SMILES string of the molecule is CC(C)(C)c1ccc2c(c1)C1(C)CCC3CC1(C)N2c1cc2c4c(c1)N(c1ccc5c(c1)C3(C)CCC5(C)C)c1c(oc3cc5c(cc13)C(C)(C)CCC5(C)C)B4C1=C(c3cc4c(cc3[B]1)C(C)(C)CCC4(C)C)N2c1ccc2c(c1)C(C)(C)CCC2(C)C. The molecule has 1 saturated carbocycles. The first kappa shape index (κ1) is 57.1. The van der Waals surface area contributed by atoms with Gasteiger partial charge >= 0.3 is 0 Å². The van der Waals surface area contributed by atoms with E-state index in [1.54, 1.807) is 11.1 Å². The zero-order chi connectivity index (χ0) is 62.6. The second kappa shape index (κ2) is 17.0. The molecule has 0 N–H and O–H groups in total. The van der Waals surface area contributed by atoms with Crippen molar-refractivity contribution >= 4 is 87.1 Å². The third kappa shape index (κ3) is 7.28. The highest BCUT2D eigenvalue weighted by molar-refractivity contribution is 7.05. The van der Waals surface area contributed by atoms with Crippen molar-refractivity contribution in [2.75, 3.05) is 14.7 Å². The van der Waals surface area contributed by atoms with Gasteiger partial charge in [0.05, 0.1) is 16.9 Å². The van der Waals surface area contributed by atoms with E-state index in [2.05, 4.69) is 251 Å². The van der Waals surface area contributed by atoms with Gasteiger partial charge in [0.1, 0.15) is 5.58 Å². The van der Waals surface area contributed by atoms with Crippen LogP contribution in [-0.2, 0) is 54.1 Å². The van der Waals surface area contributed by atoms with Gasteiger partial charge in [-0.2, -0.15) is 0 Å². The summed E-state index contributed by atoms with van der Waals surface area (Å²) in [6.45, 7) is 50.2. The molecule has 5 aliphatic carbocycles. The van der Waals surface area contributed by atoms with E-state index < -0.39 is 0 Å². The lowest BCUT2D eigenvalue weighted by atomic mass is 9.28. The molecule has 17 rings (SSSR count). The summed E-state index contributed by atoms with van der Waals surface area (Å²) < 4.78 is 8.03. The van der Waals surface area contributed by atoms with Crippen LogP contribution in [0, 0.1) is 5.92 Å². The summed E-state index contributed by atoms with van der Waals surface area (Å²) in [5.41, 5.74) is 31.4. The summed E-state index contributed by atoms with van der Waals surface area (Å²) in [7, 11) is 2.65. The first-order valence-electron chi connectivity index (χ1n) is 34.9. The van der Waals surface area contributed by atoms with Gasteiger partial charge in [-0.3, -0.25) is 0 Å². The normalized spacial score (nSPS) is 28.1. The molecule has 1 radical (unpaired) electrons. The number of rotatable bonds is 1. The van der Waals surface area contributed by atoms with Crippen LogP contribution in [-0.4, -0.2) is 19.5 Å². The molecule has 1 aromatic heterocycles. The number of furan rings is 1. The molecule has 5 aliphatic heterocycles. The van der Waals surface area contributed by atoms with Crippen LogP contribution in [0.1, 0.15) is 270 Å². The largest absolute Gasteiger partial charge is 0.468 e. The Hall–Kier alpha value is -5.87. The maximum Gasteiger partial charge on any atom is 0.284 e. The molecule has 6 aromatic carbocycles. The maximum absolute atomic E-state index is 8.03. The first-order valence-corrected chi connectivity index (χ1v) is 34.9. The molecule has 6 bridgehead atoms. The Morgan fingerprint density at radius 3 is 1.61 bits per heavy atom. The lowest BCUT2D eigenvalue weighted by Crippen LogP contribution is -2.59. The van der Waals surface area contributed by atoms with Crippen molar-refractivity contribution in [3.63, 3.8) is 0 Å². The van der Waals surface area contributed by atoms with Crippen molar-refractivity contribution in [2.45, 2.75) is 269 Å². The Morgan fingerprint density at radius 2 is 0.989 bits per heavy atom. The van der Waals surface area contributed by atoms with Crippen LogP contribution in [0.3, 0.4) is 0 Å². The minimum absolute atomic E-state index is 0.00821. The van der Waals surface area contributed by atoms with Crippen molar-refractivity contribution < 1.29 is 4.42 Å². The first-order chi connectivity index (χ1) is 41.5. The molecule has 1 fully saturated rings. The van der Waals surface area contributed by atoms with E-state index in [0.29, 0.717) is 5.92 Å². The zero-order valence-corrected chi connectivity index (χ0v) is 57.9. The van der Waals surface area contributed by atoms with Crippen LogP contribution >= 0.6 is 0 Å². The van der Waals surface area contributed by atoms with Crippen LogP contribution in [0.5, 0.6) is 0 Å². The topological polar surface area (TPSA) is 22.9 Å². The number of nitrogens with zero attached hydrogens (tertiary/aromatic N) is 3. The monoisotopic (exact) mass is 1170 g/mol. The molecule has 457 valence electrons. The third-order valence-corrected chi connectivity index (χ3v) is 27.6. The van der Waals surface area contributed by atoms with Crippen molar-refractivity contribution in [1.29, 1.82) is 0 Å². The van der Waals surface area contributed by atoms with Crippen molar-refractivity contribution in [1.82, 2.24) is 0 Å². The quantitative estimate of drug-likeness (QED) is 0.153. The van der Waals surface area contributed by atoms with Crippen LogP contribution in [0.15, 0.2) is 101 Å². The van der Waals surface area contributed by atoms with Gasteiger partial charge < -0.3 is 19.1 Å². The van der Waals surface area contributed by atoms with E-state index in [-0.39, 0.29) is 66.4 Å². The summed E-state index contributed by atoms with van der Waals surface area (Å²) in [5, 5.41) is 2.60. The Bertz CT molecular complexity index is 4390. The van der Waals surface area contributed by atoms with E-state index in [9.17, 15) is 0 Å². The summed E-state index contributed by atoms with van der Waals surface area (Å²) in [4.78, 5) is 8.56. The van der Waals surface area contributed by atoms with Crippen LogP contribution in [0.2, 0.25) is 0 Å². The molecule has 7 aromatic rings. The number of anilines is 7. The Morgan fingerprint density at radius 1 is 0.472 bits per heavy atom. The van der Waals surface area contributed by atoms with E-state index >= 15 is 0 Å². The molecule has 89 heavy (non-hydrogen) atoms. The van der Waals surface area contributed by atoms with Gasteiger partial charge in [-0.15, -0.1) is 0 Å². The fourth-order valence-corrected chi connectivity index (χ4v) is 20.9. The lowest BCUT2D eigenvalue weighted by molar-refractivity contribution is 0.0840. The summed E-state index contributed by atoms with van der Waals surface area (Å²) in [6.07, 6.45) is 12.8. The van der Waals surface area contributed by atoms with Crippen LogP contribution in [0.4, 0.5) is 39.8 Å².